The first-order valence-electron chi connectivity index (χ1n) is 4.29. The van der Waals surface area contributed by atoms with Gasteiger partial charge in [-0.2, -0.15) is 0 Å². The van der Waals surface area contributed by atoms with Gasteiger partial charge in [-0.25, -0.2) is 0 Å². The standard InChI is InChI=1S/C10H12N/c1-2-6-9(5-1)10-7-3-4-8-11-10/h4,7-9H,1-2,5-6H2. The van der Waals surface area contributed by atoms with Crippen LogP contribution in [0.2, 0.25) is 0 Å². The molecule has 0 saturated heterocycles. The summed E-state index contributed by atoms with van der Waals surface area (Å²) < 4.78 is 0. The van der Waals surface area contributed by atoms with Crippen molar-refractivity contribution in [3.63, 3.8) is 0 Å². The largest absolute Gasteiger partial charge is 0.261 e. The fourth-order valence-corrected chi connectivity index (χ4v) is 1.78. The average Bonchev–Trinajstić information content (AvgIpc) is 2.58. The minimum atomic E-state index is 0.729. The van der Waals surface area contributed by atoms with Gasteiger partial charge in [0.05, 0.1) is 0 Å². The van der Waals surface area contributed by atoms with Gasteiger partial charge in [-0.05, 0) is 31.0 Å². The minimum Gasteiger partial charge on any atom is -0.261 e. The van der Waals surface area contributed by atoms with Crippen LogP contribution in [0.4, 0.5) is 0 Å². The second-order valence-electron chi connectivity index (χ2n) is 3.16. The Morgan fingerprint density at radius 2 is 2.18 bits per heavy atom. The summed E-state index contributed by atoms with van der Waals surface area (Å²) in [5, 5.41) is 0. The fourth-order valence-electron chi connectivity index (χ4n) is 1.78. The summed E-state index contributed by atoms with van der Waals surface area (Å²) in [5.74, 6) is 0.729. The molecule has 1 fully saturated rings. The van der Waals surface area contributed by atoms with Crippen LogP contribution in [0.5, 0.6) is 0 Å². The summed E-state index contributed by atoms with van der Waals surface area (Å²) in [5.41, 5.74) is 1.24. The maximum atomic E-state index is 4.33. The number of rotatable bonds is 1. The molecular weight excluding hydrogens is 134 g/mol. The zero-order chi connectivity index (χ0) is 7.52. The highest BCUT2D eigenvalue weighted by Crippen LogP contribution is 2.32. The molecule has 57 valence electrons. The lowest BCUT2D eigenvalue weighted by molar-refractivity contribution is 0.697. The van der Waals surface area contributed by atoms with Crippen molar-refractivity contribution in [3.8, 4) is 0 Å². The van der Waals surface area contributed by atoms with Gasteiger partial charge in [0.1, 0.15) is 0 Å². The molecule has 1 heterocycles. The molecule has 1 radical (unpaired) electrons. The molecule has 0 bridgehead atoms. The van der Waals surface area contributed by atoms with E-state index in [9.17, 15) is 0 Å². The first-order valence-corrected chi connectivity index (χ1v) is 4.29. The van der Waals surface area contributed by atoms with E-state index in [1.54, 1.807) is 0 Å². The molecule has 0 aromatic carbocycles. The molecule has 1 saturated carbocycles. The first kappa shape index (κ1) is 6.84. The summed E-state index contributed by atoms with van der Waals surface area (Å²) in [6.45, 7) is 0. The lowest BCUT2D eigenvalue weighted by Crippen LogP contribution is -1.94. The van der Waals surface area contributed by atoms with Crippen LogP contribution in [0.25, 0.3) is 0 Å². The van der Waals surface area contributed by atoms with Crippen molar-refractivity contribution >= 4 is 0 Å². The van der Waals surface area contributed by atoms with E-state index >= 15 is 0 Å². The molecule has 0 amide bonds. The van der Waals surface area contributed by atoms with Gasteiger partial charge >= 0.3 is 0 Å². The van der Waals surface area contributed by atoms with Crippen molar-refractivity contribution in [1.82, 2.24) is 4.98 Å². The van der Waals surface area contributed by atoms with Crippen molar-refractivity contribution in [2.24, 2.45) is 0 Å². The molecular formula is C10H12N. The number of hydrogen-bond acceptors (Lipinski definition) is 1. The zero-order valence-electron chi connectivity index (χ0n) is 6.59. The van der Waals surface area contributed by atoms with E-state index in [2.05, 4.69) is 11.1 Å². The van der Waals surface area contributed by atoms with Crippen molar-refractivity contribution in [3.05, 3.63) is 30.1 Å². The molecule has 1 aliphatic carbocycles. The van der Waals surface area contributed by atoms with E-state index in [-0.39, 0.29) is 0 Å². The Labute approximate surface area is 67.5 Å². The number of aromatic nitrogens is 1. The van der Waals surface area contributed by atoms with E-state index in [1.165, 1.54) is 31.4 Å². The van der Waals surface area contributed by atoms with E-state index < -0.39 is 0 Å². The highest BCUT2D eigenvalue weighted by molar-refractivity contribution is 5.09. The Bertz CT molecular complexity index is 212. The van der Waals surface area contributed by atoms with Crippen LogP contribution in [0, 0.1) is 6.07 Å². The topological polar surface area (TPSA) is 12.9 Å². The molecule has 0 spiro atoms. The smallest absolute Gasteiger partial charge is 0.0440 e. The van der Waals surface area contributed by atoms with Crippen molar-refractivity contribution in [2.45, 2.75) is 31.6 Å². The molecule has 0 aliphatic heterocycles. The highest BCUT2D eigenvalue weighted by atomic mass is 14.7. The molecule has 1 aliphatic rings. The normalized spacial score (nSPS) is 18.9. The van der Waals surface area contributed by atoms with Gasteiger partial charge in [0.15, 0.2) is 0 Å². The van der Waals surface area contributed by atoms with Crippen LogP contribution in [-0.2, 0) is 0 Å². The Morgan fingerprint density at radius 1 is 1.36 bits per heavy atom. The summed E-state index contributed by atoms with van der Waals surface area (Å²) in [4.78, 5) is 4.33. The SMILES string of the molecule is [c]1ccnc(C2CCCC2)c1. The predicted molar refractivity (Wildman–Crippen MR) is 44.3 cm³/mol. The summed E-state index contributed by atoms with van der Waals surface area (Å²) in [6, 6.07) is 6.96. The average molecular weight is 146 g/mol. The zero-order valence-corrected chi connectivity index (χ0v) is 6.59. The van der Waals surface area contributed by atoms with Gasteiger partial charge in [-0.15, -0.1) is 0 Å². The van der Waals surface area contributed by atoms with E-state index in [0.717, 1.165) is 5.92 Å². The lowest BCUT2D eigenvalue weighted by Gasteiger charge is -2.05. The maximum absolute atomic E-state index is 4.33. The molecule has 11 heavy (non-hydrogen) atoms. The molecule has 1 aromatic rings. The van der Waals surface area contributed by atoms with Crippen LogP contribution in [-0.4, -0.2) is 4.98 Å². The van der Waals surface area contributed by atoms with Crippen LogP contribution in [0.3, 0.4) is 0 Å². The number of nitrogens with zero attached hydrogens (tertiary/aromatic N) is 1. The van der Waals surface area contributed by atoms with Crippen molar-refractivity contribution in [2.75, 3.05) is 0 Å². The second-order valence-corrected chi connectivity index (χ2v) is 3.16. The van der Waals surface area contributed by atoms with Crippen molar-refractivity contribution < 1.29 is 0 Å². The Hall–Kier alpha value is -0.850. The van der Waals surface area contributed by atoms with Crippen LogP contribution >= 0.6 is 0 Å². The third-order valence-electron chi connectivity index (χ3n) is 2.40. The fraction of sp³-hybridized carbons (Fsp3) is 0.500. The quantitative estimate of drug-likeness (QED) is 0.593. The Morgan fingerprint density at radius 3 is 2.82 bits per heavy atom. The number of hydrogen-bond donors (Lipinski definition) is 0. The maximum Gasteiger partial charge on any atom is 0.0440 e. The first-order chi connectivity index (χ1) is 5.47. The summed E-state index contributed by atoms with van der Waals surface area (Å²) in [7, 11) is 0. The molecule has 0 unspecified atom stereocenters. The lowest BCUT2D eigenvalue weighted by atomic mass is 10.0. The van der Waals surface area contributed by atoms with Gasteiger partial charge in [-0.1, -0.05) is 12.8 Å². The van der Waals surface area contributed by atoms with Gasteiger partial charge in [-0.3, -0.25) is 4.98 Å². The monoisotopic (exact) mass is 146 g/mol. The molecule has 0 N–H and O–H groups in total. The Kier molecular flexibility index (Phi) is 1.89. The highest BCUT2D eigenvalue weighted by Gasteiger charge is 2.17. The van der Waals surface area contributed by atoms with Crippen LogP contribution in [0.1, 0.15) is 37.3 Å². The second kappa shape index (κ2) is 3.04. The third kappa shape index (κ3) is 1.42. The minimum absolute atomic E-state index is 0.729. The van der Waals surface area contributed by atoms with Gasteiger partial charge < -0.3 is 0 Å². The van der Waals surface area contributed by atoms with Gasteiger partial charge in [0.2, 0.25) is 0 Å². The summed E-state index contributed by atoms with van der Waals surface area (Å²) >= 11 is 0. The molecule has 1 heteroatoms. The van der Waals surface area contributed by atoms with Crippen molar-refractivity contribution in [1.29, 1.82) is 0 Å². The number of pyridine rings is 1. The van der Waals surface area contributed by atoms with Crippen LogP contribution < -0.4 is 0 Å². The molecule has 0 atom stereocenters. The summed E-state index contributed by atoms with van der Waals surface area (Å²) in [6.07, 6.45) is 7.24. The predicted octanol–water partition coefficient (Wildman–Crippen LogP) is 2.54. The molecule has 1 aromatic heterocycles. The molecule has 2 rings (SSSR count). The van der Waals surface area contributed by atoms with E-state index in [0.29, 0.717) is 0 Å². The van der Waals surface area contributed by atoms with E-state index in [1.807, 2.05) is 18.3 Å². The van der Waals surface area contributed by atoms with Crippen LogP contribution in [0.15, 0.2) is 18.3 Å². The molecule has 1 nitrogen and oxygen atoms in total. The van der Waals surface area contributed by atoms with Gasteiger partial charge in [0.25, 0.3) is 0 Å². The third-order valence-corrected chi connectivity index (χ3v) is 2.40. The van der Waals surface area contributed by atoms with E-state index in [4.69, 9.17) is 0 Å². The Balaban J connectivity index is 2.16. The van der Waals surface area contributed by atoms with Gasteiger partial charge in [0, 0.05) is 17.8 Å².